The van der Waals surface area contributed by atoms with Crippen LogP contribution in [-0.2, 0) is 19.1 Å². The zero-order chi connectivity index (χ0) is 24.2. The number of rotatable bonds is 7. The van der Waals surface area contributed by atoms with Gasteiger partial charge in [0.1, 0.15) is 5.69 Å². The van der Waals surface area contributed by atoms with Gasteiger partial charge in [-0.15, -0.1) is 11.3 Å². The Bertz CT molecular complexity index is 1220. The second kappa shape index (κ2) is 10.1. The van der Waals surface area contributed by atoms with Gasteiger partial charge in [-0.2, -0.15) is 5.10 Å². The van der Waals surface area contributed by atoms with Gasteiger partial charge >= 0.3 is 11.9 Å². The van der Waals surface area contributed by atoms with Gasteiger partial charge in [0.25, 0.3) is 0 Å². The van der Waals surface area contributed by atoms with Crippen LogP contribution in [0, 0.1) is 0 Å². The molecule has 0 spiro atoms. The van der Waals surface area contributed by atoms with Crippen LogP contribution in [0.5, 0.6) is 0 Å². The maximum absolute atomic E-state index is 13.2. The number of para-hydroxylation sites is 1. The van der Waals surface area contributed by atoms with E-state index in [0.717, 1.165) is 16.3 Å². The van der Waals surface area contributed by atoms with Crippen molar-refractivity contribution in [1.82, 2.24) is 15.1 Å². The summed E-state index contributed by atoms with van der Waals surface area (Å²) in [5, 5.41) is 10.1. The number of carbonyl (C=O) groups is 2. The minimum atomic E-state index is -0.722. The van der Waals surface area contributed by atoms with Crippen LogP contribution in [0.3, 0.4) is 0 Å². The molecule has 4 rings (SSSR count). The molecule has 0 saturated heterocycles. The number of allylic oxidation sites excluding steroid dienone is 2. The zero-order valence-corrected chi connectivity index (χ0v) is 20.4. The fourth-order valence-corrected chi connectivity index (χ4v) is 4.85. The molecule has 0 radical (unpaired) electrons. The van der Waals surface area contributed by atoms with Gasteiger partial charge < -0.3 is 14.8 Å². The predicted octanol–water partition coefficient (Wildman–Crippen LogP) is 4.96. The zero-order valence-electron chi connectivity index (χ0n) is 19.6. The topological polar surface area (TPSA) is 82.4 Å². The lowest BCUT2D eigenvalue weighted by Gasteiger charge is -2.30. The Morgan fingerprint density at radius 2 is 1.59 bits per heavy atom. The van der Waals surface area contributed by atoms with E-state index < -0.39 is 17.9 Å². The second-order valence-electron chi connectivity index (χ2n) is 7.76. The molecule has 7 nitrogen and oxygen atoms in total. The van der Waals surface area contributed by atoms with E-state index in [9.17, 15) is 9.59 Å². The first-order valence-corrected chi connectivity index (χ1v) is 12.1. The van der Waals surface area contributed by atoms with Crippen molar-refractivity contribution in [1.29, 1.82) is 0 Å². The summed E-state index contributed by atoms with van der Waals surface area (Å²) in [6, 6.07) is 15.6. The van der Waals surface area contributed by atoms with Crippen LogP contribution in [0.15, 0.2) is 76.5 Å². The minimum absolute atomic E-state index is 0.220. The van der Waals surface area contributed by atoms with Crippen molar-refractivity contribution in [3.8, 4) is 16.3 Å². The van der Waals surface area contributed by atoms with Gasteiger partial charge in [0.05, 0.1) is 46.5 Å². The summed E-state index contributed by atoms with van der Waals surface area (Å²) in [7, 11) is 0. The average Bonchev–Trinajstić information content (AvgIpc) is 3.49. The molecule has 0 amide bonds. The highest BCUT2D eigenvalue weighted by Gasteiger charge is 2.40. The third-order valence-electron chi connectivity index (χ3n) is 5.56. The summed E-state index contributed by atoms with van der Waals surface area (Å²) in [4.78, 5) is 27.4. The molecular weight excluding hydrogens is 450 g/mol. The number of hydrogen-bond acceptors (Lipinski definition) is 7. The van der Waals surface area contributed by atoms with E-state index in [1.807, 2.05) is 67.8 Å². The molecular formula is C26H27N3O4S. The van der Waals surface area contributed by atoms with Crippen LogP contribution in [0.1, 0.15) is 39.3 Å². The van der Waals surface area contributed by atoms with Crippen molar-refractivity contribution in [2.24, 2.45) is 0 Å². The standard InChI is InChI=1S/C26H27N3O4S/c1-5-32-25(30)22-16(3)27-17(4)23(26(31)33-6-2)24(22)20-15-19(21-13-10-14-34-21)28-29(20)18-11-8-7-9-12-18/h7-15,24,27H,5-6H2,1-4H3. The van der Waals surface area contributed by atoms with Gasteiger partial charge in [-0.05, 0) is 57.3 Å². The van der Waals surface area contributed by atoms with E-state index >= 15 is 0 Å². The lowest BCUT2D eigenvalue weighted by Crippen LogP contribution is -2.33. The van der Waals surface area contributed by atoms with Crippen molar-refractivity contribution in [3.63, 3.8) is 0 Å². The maximum Gasteiger partial charge on any atom is 0.336 e. The van der Waals surface area contributed by atoms with E-state index in [4.69, 9.17) is 14.6 Å². The molecule has 1 N–H and O–H groups in total. The lowest BCUT2D eigenvalue weighted by atomic mass is 9.82. The molecule has 1 aromatic carbocycles. The largest absolute Gasteiger partial charge is 0.463 e. The Morgan fingerprint density at radius 3 is 2.12 bits per heavy atom. The molecule has 1 aliphatic heterocycles. The number of hydrogen-bond donors (Lipinski definition) is 1. The number of ether oxygens (including phenoxy) is 2. The number of nitrogens with zero attached hydrogens (tertiary/aromatic N) is 2. The van der Waals surface area contributed by atoms with Crippen molar-refractivity contribution in [2.75, 3.05) is 13.2 Å². The smallest absolute Gasteiger partial charge is 0.336 e. The van der Waals surface area contributed by atoms with Crippen LogP contribution in [0.25, 0.3) is 16.3 Å². The van der Waals surface area contributed by atoms with Gasteiger partial charge in [0, 0.05) is 11.4 Å². The summed E-state index contributed by atoms with van der Waals surface area (Å²) < 4.78 is 12.6. The van der Waals surface area contributed by atoms with Gasteiger partial charge in [-0.25, -0.2) is 14.3 Å². The highest BCUT2D eigenvalue weighted by molar-refractivity contribution is 7.13. The molecule has 0 aliphatic carbocycles. The fraction of sp³-hybridized carbons (Fsp3) is 0.269. The lowest BCUT2D eigenvalue weighted by molar-refractivity contribution is -0.139. The van der Waals surface area contributed by atoms with Crippen LogP contribution in [-0.4, -0.2) is 34.9 Å². The highest BCUT2D eigenvalue weighted by atomic mass is 32.1. The number of aromatic nitrogens is 2. The van der Waals surface area contributed by atoms with E-state index in [1.54, 1.807) is 29.9 Å². The Kier molecular flexibility index (Phi) is 6.98. The molecule has 1 aliphatic rings. The van der Waals surface area contributed by atoms with Crippen LogP contribution >= 0.6 is 11.3 Å². The van der Waals surface area contributed by atoms with Crippen molar-refractivity contribution in [3.05, 3.63) is 82.1 Å². The quantitative estimate of drug-likeness (QED) is 0.484. The maximum atomic E-state index is 13.2. The molecule has 0 saturated carbocycles. The van der Waals surface area contributed by atoms with Crippen LogP contribution in [0.4, 0.5) is 0 Å². The second-order valence-corrected chi connectivity index (χ2v) is 8.70. The Labute approximate surface area is 202 Å². The normalized spacial score (nSPS) is 14.2. The monoisotopic (exact) mass is 477 g/mol. The molecule has 3 aromatic rings. The molecule has 2 aromatic heterocycles. The Balaban J connectivity index is 1.99. The first-order valence-electron chi connectivity index (χ1n) is 11.2. The number of dihydropyridines is 1. The molecule has 0 atom stereocenters. The molecule has 0 fully saturated rings. The number of thiophene rings is 1. The van der Waals surface area contributed by atoms with Crippen LogP contribution in [0.2, 0.25) is 0 Å². The van der Waals surface area contributed by atoms with Crippen molar-refractivity contribution < 1.29 is 19.1 Å². The van der Waals surface area contributed by atoms with Crippen molar-refractivity contribution >= 4 is 23.3 Å². The molecule has 0 unspecified atom stereocenters. The van der Waals surface area contributed by atoms with Gasteiger partial charge in [0.2, 0.25) is 0 Å². The number of benzene rings is 1. The van der Waals surface area contributed by atoms with Gasteiger partial charge in [-0.1, -0.05) is 24.3 Å². The van der Waals surface area contributed by atoms with E-state index in [0.29, 0.717) is 28.2 Å². The Hall–Kier alpha value is -3.65. The van der Waals surface area contributed by atoms with Crippen molar-refractivity contribution in [2.45, 2.75) is 33.6 Å². The summed E-state index contributed by atoms with van der Waals surface area (Å²) in [6.07, 6.45) is 0. The first kappa shape index (κ1) is 23.5. The number of carbonyl (C=O) groups excluding carboxylic acids is 2. The molecule has 0 bridgehead atoms. The molecule has 176 valence electrons. The van der Waals surface area contributed by atoms with Gasteiger partial charge in [0.15, 0.2) is 0 Å². The SMILES string of the molecule is CCOC(=O)C1=C(C)NC(C)=C(C(=O)OCC)C1c1cc(-c2cccs2)nn1-c1ccccc1. The van der Waals surface area contributed by atoms with E-state index in [1.165, 1.54) is 0 Å². The molecule has 8 heteroatoms. The Morgan fingerprint density at radius 1 is 0.971 bits per heavy atom. The summed E-state index contributed by atoms with van der Waals surface area (Å²) >= 11 is 1.58. The third kappa shape index (κ3) is 4.41. The number of esters is 2. The number of nitrogens with one attached hydrogen (secondary N) is 1. The van der Waals surface area contributed by atoms with Gasteiger partial charge in [-0.3, -0.25) is 0 Å². The predicted molar refractivity (Wildman–Crippen MR) is 131 cm³/mol. The molecule has 34 heavy (non-hydrogen) atoms. The third-order valence-corrected chi connectivity index (χ3v) is 6.45. The summed E-state index contributed by atoms with van der Waals surface area (Å²) in [6.45, 7) is 7.59. The summed E-state index contributed by atoms with van der Waals surface area (Å²) in [5.74, 6) is -1.68. The fourth-order valence-electron chi connectivity index (χ4n) is 4.17. The average molecular weight is 478 g/mol. The summed E-state index contributed by atoms with van der Waals surface area (Å²) in [5.41, 5.74) is 4.26. The van der Waals surface area contributed by atoms with E-state index in [-0.39, 0.29) is 13.2 Å². The van der Waals surface area contributed by atoms with E-state index in [2.05, 4.69) is 5.32 Å². The highest BCUT2D eigenvalue weighted by Crippen LogP contribution is 2.41. The minimum Gasteiger partial charge on any atom is -0.463 e. The van der Waals surface area contributed by atoms with Crippen LogP contribution < -0.4 is 5.32 Å². The first-order chi connectivity index (χ1) is 16.5. The molecule has 3 heterocycles.